The second-order valence-electron chi connectivity index (χ2n) is 6.55. The van der Waals surface area contributed by atoms with Crippen LogP contribution in [-0.4, -0.2) is 29.8 Å². The SMILES string of the molecule is C=CC(=O)OCCCCCCCCP(=O)(O)CCCCCCCC. The molecule has 1 N–H and O–H groups in total. The van der Waals surface area contributed by atoms with Crippen LogP contribution in [0.4, 0.5) is 0 Å². The summed E-state index contributed by atoms with van der Waals surface area (Å²) in [6.07, 6.45) is 15.0. The first-order chi connectivity index (χ1) is 11.5. The highest BCUT2D eigenvalue weighted by molar-refractivity contribution is 7.57. The molecule has 0 aromatic heterocycles. The van der Waals surface area contributed by atoms with E-state index in [0.717, 1.165) is 51.4 Å². The van der Waals surface area contributed by atoms with Crippen molar-refractivity contribution in [2.24, 2.45) is 0 Å². The van der Waals surface area contributed by atoms with Crippen LogP contribution < -0.4 is 0 Å². The summed E-state index contributed by atoms with van der Waals surface area (Å²) >= 11 is 0. The van der Waals surface area contributed by atoms with Crippen molar-refractivity contribution in [3.63, 3.8) is 0 Å². The van der Waals surface area contributed by atoms with Gasteiger partial charge in [-0.1, -0.05) is 71.3 Å². The van der Waals surface area contributed by atoms with Gasteiger partial charge in [-0.25, -0.2) is 4.79 Å². The minimum atomic E-state index is -2.90. The summed E-state index contributed by atoms with van der Waals surface area (Å²) in [5.74, 6) is -0.362. The molecule has 0 amide bonds. The molecule has 1 unspecified atom stereocenters. The lowest BCUT2D eigenvalue weighted by atomic mass is 10.1. The maximum absolute atomic E-state index is 12.1. The molecule has 24 heavy (non-hydrogen) atoms. The van der Waals surface area contributed by atoms with Crippen LogP contribution in [0.1, 0.15) is 84.0 Å². The highest BCUT2D eigenvalue weighted by Gasteiger charge is 2.16. The van der Waals surface area contributed by atoms with Crippen molar-refractivity contribution in [3.05, 3.63) is 12.7 Å². The van der Waals surface area contributed by atoms with Crippen molar-refractivity contribution in [3.8, 4) is 0 Å². The van der Waals surface area contributed by atoms with E-state index in [4.69, 9.17) is 4.74 Å². The van der Waals surface area contributed by atoms with Crippen LogP contribution in [0.5, 0.6) is 0 Å². The Balaban J connectivity index is 3.40. The molecule has 0 rings (SSSR count). The van der Waals surface area contributed by atoms with Crippen molar-refractivity contribution >= 4 is 13.3 Å². The van der Waals surface area contributed by atoms with E-state index in [0.29, 0.717) is 18.9 Å². The second-order valence-corrected chi connectivity index (χ2v) is 9.14. The van der Waals surface area contributed by atoms with Gasteiger partial charge in [0.2, 0.25) is 7.37 Å². The maximum atomic E-state index is 12.1. The van der Waals surface area contributed by atoms with Crippen LogP contribution in [0, 0.1) is 0 Å². The average Bonchev–Trinajstić information content (AvgIpc) is 2.56. The van der Waals surface area contributed by atoms with Crippen molar-refractivity contribution in [2.45, 2.75) is 84.0 Å². The first kappa shape index (κ1) is 23.4. The molecule has 0 saturated heterocycles. The third-order valence-corrected chi connectivity index (χ3v) is 6.20. The molecule has 0 fully saturated rings. The molecule has 0 radical (unpaired) electrons. The number of ether oxygens (including phenoxy) is 1. The van der Waals surface area contributed by atoms with Crippen LogP contribution in [0.15, 0.2) is 12.7 Å². The lowest BCUT2D eigenvalue weighted by Gasteiger charge is -2.11. The quantitative estimate of drug-likeness (QED) is 0.157. The summed E-state index contributed by atoms with van der Waals surface area (Å²) in [7, 11) is -2.90. The number of carbonyl (C=O) groups is 1. The Hall–Kier alpha value is -0.600. The Bertz CT molecular complexity index is 368. The zero-order chi connectivity index (χ0) is 18.1. The van der Waals surface area contributed by atoms with Gasteiger partial charge in [-0.2, -0.15) is 0 Å². The minimum Gasteiger partial charge on any atom is -0.463 e. The van der Waals surface area contributed by atoms with E-state index < -0.39 is 7.37 Å². The van der Waals surface area contributed by atoms with Gasteiger partial charge in [0.1, 0.15) is 0 Å². The summed E-state index contributed by atoms with van der Waals surface area (Å²) < 4.78 is 17.0. The standard InChI is InChI=1S/C19H37O4P/c1-3-5-6-7-11-14-17-24(21,22)18-15-12-9-8-10-13-16-23-19(20)4-2/h4H,2-3,5-18H2,1H3,(H,21,22). The van der Waals surface area contributed by atoms with Gasteiger partial charge in [0.25, 0.3) is 0 Å². The monoisotopic (exact) mass is 360 g/mol. The Morgan fingerprint density at radius 1 is 0.917 bits per heavy atom. The molecule has 0 spiro atoms. The van der Waals surface area contributed by atoms with E-state index >= 15 is 0 Å². The van der Waals surface area contributed by atoms with Crippen LogP contribution in [0.3, 0.4) is 0 Å². The van der Waals surface area contributed by atoms with E-state index in [9.17, 15) is 14.3 Å². The summed E-state index contributed by atoms with van der Waals surface area (Å²) in [4.78, 5) is 20.8. The van der Waals surface area contributed by atoms with Gasteiger partial charge >= 0.3 is 5.97 Å². The summed E-state index contributed by atoms with van der Waals surface area (Å²) in [6, 6.07) is 0. The van der Waals surface area contributed by atoms with E-state index in [1.807, 2.05) is 0 Å². The van der Waals surface area contributed by atoms with E-state index in [1.54, 1.807) is 0 Å². The van der Waals surface area contributed by atoms with Crippen LogP contribution in [0.25, 0.3) is 0 Å². The molecule has 0 aromatic carbocycles. The smallest absolute Gasteiger partial charge is 0.330 e. The van der Waals surface area contributed by atoms with Crippen LogP contribution in [0.2, 0.25) is 0 Å². The molecule has 0 aliphatic heterocycles. The first-order valence-corrected chi connectivity index (χ1v) is 11.6. The normalized spacial score (nSPS) is 13.4. The van der Waals surface area contributed by atoms with Crippen LogP contribution in [-0.2, 0) is 14.1 Å². The zero-order valence-electron chi connectivity index (χ0n) is 15.5. The molecule has 0 aliphatic rings. The van der Waals surface area contributed by atoms with Gasteiger partial charge in [0.05, 0.1) is 6.61 Å². The average molecular weight is 360 g/mol. The Morgan fingerprint density at radius 2 is 1.38 bits per heavy atom. The third-order valence-electron chi connectivity index (χ3n) is 4.17. The number of carbonyl (C=O) groups excluding carboxylic acids is 1. The largest absolute Gasteiger partial charge is 0.463 e. The van der Waals surface area contributed by atoms with Gasteiger partial charge < -0.3 is 9.63 Å². The number of hydrogen-bond acceptors (Lipinski definition) is 3. The number of unbranched alkanes of at least 4 members (excludes halogenated alkanes) is 10. The van der Waals surface area contributed by atoms with E-state index in [2.05, 4.69) is 13.5 Å². The molecule has 0 aromatic rings. The van der Waals surface area contributed by atoms with E-state index in [-0.39, 0.29) is 5.97 Å². The highest BCUT2D eigenvalue weighted by atomic mass is 31.2. The summed E-state index contributed by atoms with van der Waals surface area (Å²) in [5, 5.41) is 0. The zero-order valence-corrected chi connectivity index (χ0v) is 16.4. The molecule has 142 valence electrons. The fraction of sp³-hybridized carbons (Fsp3) is 0.842. The highest BCUT2D eigenvalue weighted by Crippen LogP contribution is 2.42. The van der Waals surface area contributed by atoms with Crippen molar-refractivity contribution in [1.82, 2.24) is 0 Å². The van der Waals surface area contributed by atoms with Gasteiger partial charge in [-0.15, -0.1) is 0 Å². The second kappa shape index (κ2) is 15.9. The topological polar surface area (TPSA) is 63.6 Å². The molecular weight excluding hydrogens is 323 g/mol. The van der Waals surface area contributed by atoms with Gasteiger partial charge in [-0.05, 0) is 19.3 Å². The first-order valence-electron chi connectivity index (χ1n) is 9.62. The van der Waals surface area contributed by atoms with Crippen molar-refractivity contribution in [1.29, 1.82) is 0 Å². The molecular formula is C19H37O4P. The lowest BCUT2D eigenvalue weighted by Crippen LogP contribution is -2.01. The number of esters is 1. The molecule has 0 saturated carbocycles. The van der Waals surface area contributed by atoms with Crippen molar-refractivity contribution in [2.75, 3.05) is 18.9 Å². The fourth-order valence-electron chi connectivity index (χ4n) is 2.65. The Morgan fingerprint density at radius 3 is 1.88 bits per heavy atom. The predicted octanol–water partition coefficient (Wildman–Crippen LogP) is 5.69. The molecule has 4 nitrogen and oxygen atoms in total. The Kier molecular flexibility index (Phi) is 15.5. The molecule has 5 heteroatoms. The third kappa shape index (κ3) is 16.3. The maximum Gasteiger partial charge on any atom is 0.330 e. The van der Waals surface area contributed by atoms with E-state index in [1.165, 1.54) is 31.8 Å². The molecule has 1 atom stereocenters. The summed E-state index contributed by atoms with van der Waals surface area (Å²) in [5.41, 5.74) is 0. The van der Waals surface area contributed by atoms with Gasteiger partial charge in [0, 0.05) is 18.4 Å². The predicted molar refractivity (Wildman–Crippen MR) is 102 cm³/mol. The fourth-order valence-corrected chi connectivity index (χ4v) is 4.31. The van der Waals surface area contributed by atoms with Crippen LogP contribution >= 0.6 is 7.37 Å². The summed E-state index contributed by atoms with van der Waals surface area (Å²) in [6.45, 7) is 5.99. The molecule has 0 heterocycles. The van der Waals surface area contributed by atoms with Crippen molar-refractivity contribution < 1.29 is 19.0 Å². The molecule has 0 aliphatic carbocycles. The number of hydrogen-bond donors (Lipinski definition) is 1. The Labute approximate surface area is 148 Å². The minimum absolute atomic E-state index is 0.362. The number of rotatable bonds is 17. The van der Waals surface area contributed by atoms with Gasteiger partial charge in [-0.3, -0.25) is 4.57 Å². The lowest BCUT2D eigenvalue weighted by molar-refractivity contribution is -0.137. The molecule has 0 bridgehead atoms. The van der Waals surface area contributed by atoms with Gasteiger partial charge in [0.15, 0.2) is 0 Å².